The van der Waals surface area contributed by atoms with Gasteiger partial charge in [-0.1, -0.05) is 11.6 Å². The lowest BCUT2D eigenvalue weighted by Gasteiger charge is -2.38. The number of halogens is 1. The van der Waals surface area contributed by atoms with Gasteiger partial charge in [0.2, 0.25) is 0 Å². The highest BCUT2D eigenvalue weighted by Gasteiger charge is 2.49. The van der Waals surface area contributed by atoms with Crippen molar-refractivity contribution >= 4 is 23.5 Å². The van der Waals surface area contributed by atoms with Gasteiger partial charge in [-0.15, -0.1) is 0 Å². The summed E-state index contributed by atoms with van der Waals surface area (Å²) in [4.78, 5) is 28.3. The molecular formula is C11H12ClN3O4. The van der Waals surface area contributed by atoms with Crippen molar-refractivity contribution in [3.63, 3.8) is 0 Å². The van der Waals surface area contributed by atoms with E-state index in [4.69, 9.17) is 16.3 Å². The fourth-order valence-corrected chi connectivity index (χ4v) is 3.01. The Labute approximate surface area is 113 Å². The lowest BCUT2D eigenvalue weighted by atomic mass is 9.89. The summed E-state index contributed by atoms with van der Waals surface area (Å²) in [5.74, 6) is 0.291. The Balaban J connectivity index is 2.15. The summed E-state index contributed by atoms with van der Waals surface area (Å²) in [6.07, 6.45) is 0.0191. The molecule has 3 heterocycles. The molecule has 0 bridgehead atoms. The maximum atomic E-state index is 11.8. The number of anilines is 1. The summed E-state index contributed by atoms with van der Waals surface area (Å²) in [5.41, 5.74) is -1.14. The number of carboxylic acid groups (broad SMARTS) is 1. The van der Waals surface area contributed by atoms with Crippen molar-refractivity contribution in [3.8, 4) is 0 Å². The molecule has 0 aliphatic carbocycles. The molecule has 19 heavy (non-hydrogen) atoms. The van der Waals surface area contributed by atoms with Crippen LogP contribution in [0.15, 0.2) is 10.9 Å². The Kier molecular flexibility index (Phi) is 2.75. The lowest BCUT2D eigenvalue weighted by molar-refractivity contribution is 0.0492. The second-order valence-corrected chi connectivity index (χ2v) is 5.15. The summed E-state index contributed by atoms with van der Waals surface area (Å²) in [5, 5.41) is 9.47. The molecule has 1 aromatic heterocycles. The van der Waals surface area contributed by atoms with Crippen LogP contribution in [0.25, 0.3) is 0 Å². The first-order chi connectivity index (χ1) is 9.03. The molecule has 1 fully saturated rings. The molecule has 2 aliphatic rings. The van der Waals surface area contributed by atoms with Gasteiger partial charge in [0.15, 0.2) is 0 Å². The van der Waals surface area contributed by atoms with Crippen molar-refractivity contribution in [2.24, 2.45) is 0 Å². The van der Waals surface area contributed by atoms with Crippen molar-refractivity contribution in [3.05, 3.63) is 21.7 Å². The van der Waals surface area contributed by atoms with Crippen LogP contribution in [-0.4, -0.2) is 39.5 Å². The largest absolute Gasteiger partial charge is 0.465 e. The minimum atomic E-state index is -1.09. The summed E-state index contributed by atoms with van der Waals surface area (Å²) < 4.78 is 6.65. The van der Waals surface area contributed by atoms with E-state index in [-0.39, 0.29) is 5.15 Å². The highest BCUT2D eigenvalue weighted by atomic mass is 35.5. The molecule has 0 saturated carbocycles. The fraction of sp³-hybridized carbons (Fsp3) is 0.545. The second kappa shape index (κ2) is 4.21. The summed E-state index contributed by atoms with van der Waals surface area (Å²) in [6, 6.07) is 1.42. The van der Waals surface area contributed by atoms with Crippen LogP contribution in [0.3, 0.4) is 0 Å². The molecular weight excluding hydrogens is 274 g/mol. The minimum Gasteiger partial charge on any atom is -0.465 e. The molecule has 7 nitrogen and oxygen atoms in total. The SMILES string of the molecule is O=C(O)N1c2cc(Cl)nc(=O)n2CC12CCOCC2. The van der Waals surface area contributed by atoms with Gasteiger partial charge in [0.05, 0.1) is 12.1 Å². The van der Waals surface area contributed by atoms with E-state index in [9.17, 15) is 14.7 Å². The second-order valence-electron chi connectivity index (χ2n) is 4.76. The van der Waals surface area contributed by atoms with Crippen molar-refractivity contribution in [2.45, 2.75) is 24.9 Å². The van der Waals surface area contributed by atoms with Gasteiger partial charge in [0.25, 0.3) is 0 Å². The van der Waals surface area contributed by atoms with Crippen LogP contribution in [0.2, 0.25) is 5.15 Å². The number of carbonyl (C=O) groups is 1. The highest BCUT2D eigenvalue weighted by molar-refractivity contribution is 6.29. The van der Waals surface area contributed by atoms with Crippen molar-refractivity contribution in [1.29, 1.82) is 0 Å². The standard InChI is InChI=1S/C11H12ClN3O4/c12-7-5-8-14(9(16)13-7)6-11(15(8)10(17)18)1-3-19-4-2-11/h5H,1-4,6H2,(H,17,18). The van der Waals surface area contributed by atoms with Gasteiger partial charge in [-0.25, -0.2) is 9.59 Å². The number of rotatable bonds is 0. The molecule has 102 valence electrons. The molecule has 0 aromatic carbocycles. The third-order valence-corrected chi connectivity index (χ3v) is 3.92. The fourth-order valence-electron chi connectivity index (χ4n) is 2.84. The number of hydrogen-bond donors (Lipinski definition) is 1. The van der Waals surface area contributed by atoms with Crippen LogP contribution in [-0.2, 0) is 11.3 Å². The third kappa shape index (κ3) is 1.81. The maximum Gasteiger partial charge on any atom is 0.413 e. The normalized spacial score (nSPS) is 20.6. The zero-order valence-corrected chi connectivity index (χ0v) is 10.8. The average Bonchev–Trinajstić information content (AvgIpc) is 2.64. The van der Waals surface area contributed by atoms with Gasteiger partial charge in [-0.05, 0) is 12.8 Å². The summed E-state index contributed by atoms with van der Waals surface area (Å²) in [7, 11) is 0. The van der Waals surface area contributed by atoms with E-state index in [2.05, 4.69) is 4.98 Å². The van der Waals surface area contributed by atoms with E-state index in [1.54, 1.807) is 0 Å². The molecule has 1 saturated heterocycles. The first-order valence-electron chi connectivity index (χ1n) is 5.92. The van der Waals surface area contributed by atoms with Gasteiger partial charge in [-0.2, -0.15) is 4.98 Å². The van der Waals surface area contributed by atoms with Gasteiger partial charge >= 0.3 is 11.8 Å². The van der Waals surface area contributed by atoms with E-state index in [1.807, 2.05) is 0 Å². The monoisotopic (exact) mass is 285 g/mol. The number of amides is 1. The van der Waals surface area contributed by atoms with E-state index >= 15 is 0 Å². The van der Waals surface area contributed by atoms with Crippen LogP contribution in [0, 0.1) is 0 Å². The molecule has 1 N–H and O–H groups in total. The molecule has 0 unspecified atom stereocenters. The Morgan fingerprint density at radius 2 is 2.16 bits per heavy atom. The predicted molar refractivity (Wildman–Crippen MR) is 66.8 cm³/mol. The van der Waals surface area contributed by atoms with Crippen LogP contribution >= 0.6 is 11.6 Å². The molecule has 2 aliphatic heterocycles. The first-order valence-corrected chi connectivity index (χ1v) is 6.30. The van der Waals surface area contributed by atoms with Crippen molar-refractivity contribution in [2.75, 3.05) is 18.1 Å². The number of aromatic nitrogens is 2. The quantitative estimate of drug-likeness (QED) is 0.717. The Hall–Kier alpha value is -1.60. The lowest BCUT2D eigenvalue weighted by Crippen LogP contribution is -2.53. The van der Waals surface area contributed by atoms with Crippen LogP contribution in [0.4, 0.5) is 10.6 Å². The topological polar surface area (TPSA) is 84.7 Å². The average molecular weight is 286 g/mol. The number of fused-ring (bicyclic) bond motifs is 1. The van der Waals surface area contributed by atoms with E-state index in [0.29, 0.717) is 38.4 Å². The Morgan fingerprint density at radius 1 is 1.47 bits per heavy atom. The summed E-state index contributed by atoms with van der Waals surface area (Å²) in [6.45, 7) is 1.27. The molecule has 0 radical (unpaired) electrons. The maximum absolute atomic E-state index is 11.8. The van der Waals surface area contributed by atoms with Gasteiger partial charge in [-0.3, -0.25) is 9.47 Å². The number of nitrogens with zero attached hydrogens (tertiary/aromatic N) is 3. The molecule has 1 aromatic rings. The van der Waals surface area contributed by atoms with Gasteiger partial charge < -0.3 is 9.84 Å². The minimum absolute atomic E-state index is 0.00612. The first kappa shape index (κ1) is 12.4. The van der Waals surface area contributed by atoms with E-state index in [0.717, 1.165) is 0 Å². The third-order valence-electron chi connectivity index (χ3n) is 3.73. The smallest absolute Gasteiger partial charge is 0.413 e. The van der Waals surface area contributed by atoms with E-state index < -0.39 is 17.3 Å². The Bertz CT molecular complexity index is 594. The molecule has 8 heteroatoms. The Morgan fingerprint density at radius 3 is 2.79 bits per heavy atom. The van der Waals surface area contributed by atoms with Crippen LogP contribution in [0.5, 0.6) is 0 Å². The van der Waals surface area contributed by atoms with Gasteiger partial charge in [0.1, 0.15) is 11.0 Å². The molecule has 1 amide bonds. The highest BCUT2D eigenvalue weighted by Crippen LogP contribution is 2.39. The predicted octanol–water partition coefficient (Wildman–Crippen LogP) is 0.944. The van der Waals surface area contributed by atoms with Gasteiger partial charge in [0, 0.05) is 19.3 Å². The molecule has 0 atom stereocenters. The van der Waals surface area contributed by atoms with Crippen LogP contribution < -0.4 is 10.6 Å². The van der Waals surface area contributed by atoms with Crippen molar-refractivity contribution in [1.82, 2.24) is 9.55 Å². The zero-order chi connectivity index (χ0) is 13.6. The van der Waals surface area contributed by atoms with Crippen molar-refractivity contribution < 1.29 is 14.6 Å². The number of hydrogen-bond acceptors (Lipinski definition) is 4. The summed E-state index contributed by atoms with van der Waals surface area (Å²) >= 11 is 5.76. The molecule has 3 rings (SSSR count). The van der Waals surface area contributed by atoms with E-state index in [1.165, 1.54) is 15.5 Å². The number of ether oxygens (including phenoxy) is 1. The van der Waals surface area contributed by atoms with Crippen LogP contribution in [0.1, 0.15) is 12.8 Å². The molecule has 1 spiro atoms. The zero-order valence-electron chi connectivity index (χ0n) is 10.0.